The molecule has 116 valence electrons. The van der Waals surface area contributed by atoms with Gasteiger partial charge in [-0.1, -0.05) is 32.0 Å². The van der Waals surface area contributed by atoms with Gasteiger partial charge in [0.2, 0.25) is 6.79 Å². The minimum atomic E-state index is 0.324. The van der Waals surface area contributed by atoms with Gasteiger partial charge in [0.1, 0.15) is 5.75 Å². The molecule has 0 aromatic heterocycles. The Labute approximate surface area is 131 Å². The molecular formula is C19H22O3. The maximum atomic E-state index is 9.35. The summed E-state index contributed by atoms with van der Waals surface area (Å²) in [5.41, 5.74) is 2.55. The minimum absolute atomic E-state index is 0.324. The van der Waals surface area contributed by atoms with Gasteiger partial charge in [0.25, 0.3) is 0 Å². The Hall–Kier alpha value is -2.16. The fourth-order valence-corrected chi connectivity index (χ4v) is 2.85. The van der Waals surface area contributed by atoms with E-state index in [0.29, 0.717) is 24.4 Å². The van der Waals surface area contributed by atoms with Gasteiger partial charge in [-0.2, -0.15) is 0 Å². The van der Waals surface area contributed by atoms with Crippen LogP contribution in [0.4, 0.5) is 0 Å². The summed E-state index contributed by atoms with van der Waals surface area (Å²) < 4.78 is 10.8. The Morgan fingerprint density at radius 3 is 2.18 bits per heavy atom. The number of hydrogen-bond acceptors (Lipinski definition) is 3. The van der Waals surface area contributed by atoms with E-state index in [0.717, 1.165) is 24.3 Å². The molecule has 1 heterocycles. The molecule has 1 aliphatic rings. The summed E-state index contributed by atoms with van der Waals surface area (Å²) in [6.45, 7) is 4.89. The van der Waals surface area contributed by atoms with Crippen LogP contribution in [0.1, 0.15) is 25.0 Å². The van der Waals surface area contributed by atoms with Crippen LogP contribution >= 0.6 is 0 Å². The molecule has 0 bridgehead atoms. The van der Waals surface area contributed by atoms with Crippen molar-refractivity contribution in [3.8, 4) is 17.2 Å². The third-order valence-electron chi connectivity index (χ3n) is 4.46. The largest absolute Gasteiger partial charge is 0.508 e. The average molecular weight is 298 g/mol. The molecule has 3 rings (SSSR count). The monoisotopic (exact) mass is 298 g/mol. The molecule has 2 atom stereocenters. The molecule has 2 aromatic carbocycles. The predicted octanol–water partition coefficient (Wildman–Crippen LogP) is 4.18. The van der Waals surface area contributed by atoms with Crippen molar-refractivity contribution in [3.63, 3.8) is 0 Å². The van der Waals surface area contributed by atoms with Crippen molar-refractivity contribution in [1.29, 1.82) is 0 Å². The van der Waals surface area contributed by atoms with Crippen LogP contribution in [0.15, 0.2) is 42.5 Å². The number of phenols is 1. The van der Waals surface area contributed by atoms with E-state index in [1.807, 2.05) is 18.2 Å². The van der Waals surface area contributed by atoms with Gasteiger partial charge in [-0.3, -0.25) is 0 Å². The summed E-state index contributed by atoms with van der Waals surface area (Å²) in [6.07, 6.45) is 2.04. The fourth-order valence-electron chi connectivity index (χ4n) is 2.85. The minimum Gasteiger partial charge on any atom is -0.508 e. The second-order valence-corrected chi connectivity index (χ2v) is 6.22. The SMILES string of the molecule is CC(Cc1ccc(O)cc1)C(C)Cc1ccc2c(c1)OCO2. The van der Waals surface area contributed by atoms with E-state index in [9.17, 15) is 5.11 Å². The maximum Gasteiger partial charge on any atom is 0.231 e. The first-order valence-corrected chi connectivity index (χ1v) is 7.78. The van der Waals surface area contributed by atoms with Gasteiger partial charge in [-0.05, 0) is 60.1 Å². The molecule has 0 saturated heterocycles. The Morgan fingerprint density at radius 2 is 1.45 bits per heavy atom. The van der Waals surface area contributed by atoms with Crippen LogP contribution in [0.25, 0.3) is 0 Å². The Morgan fingerprint density at radius 1 is 0.864 bits per heavy atom. The van der Waals surface area contributed by atoms with Crippen molar-refractivity contribution < 1.29 is 14.6 Å². The van der Waals surface area contributed by atoms with Crippen molar-refractivity contribution in [3.05, 3.63) is 53.6 Å². The fraction of sp³-hybridized carbons (Fsp3) is 0.368. The van der Waals surface area contributed by atoms with E-state index < -0.39 is 0 Å². The van der Waals surface area contributed by atoms with E-state index in [-0.39, 0.29) is 0 Å². The molecule has 0 fully saturated rings. The lowest BCUT2D eigenvalue weighted by Gasteiger charge is -2.20. The highest BCUT2D eigenvalue weighted by Gasteiger charge is 2.17. The number of hydrogen-bond donors (Lipinski definition) is 1. The lowest BCUT2D eigenvalue weighted by molar-refractivity contribution is 0.174. The molecule has 22 heavy (non-hydrogen) atoms. The summed E-state index contributed by atoms with van der Waals surface area (Å²) in [5.74, 6) is 3.15. The molecule has 2 aromatic rings. The molecule has 0 radical (unpaired) electrons. The van der Waals surface area contributed by atoms with Gasteiger partial charge in [-0.25, -0.2) is 0 Å². The Balaban J connectivity index is 1.61. The summed E-state index contributed by atoms with van der Waals surface area (Å²) in [7, 11) is 0. The summed E-state index contributed by atoms with van der Waals surface area (Å²) >= 11 is 0. The van der Waals surface area contributed by atoms with Crippen LogP contribution in [-0.2, 0) is 12.8 Å². The molecule has 3 heteroatoms. The predicted molar refractivity (Wildman–Crippen MR) is 86.4 cm³/mol. The lowest BCUT2D eigenvalue weighted by atomic mass is 9.85. The number of aromatic hydroxyl groups is 1. The van der Waals surface area contributed by atoms with Crippen LogP contribution in [-0.4, -0.2) is 11.9 Å². The quantitative estimate of drug-likeness (QED) is 0.900. The van der Waals surface area contributed by atoms with Gasteiger partial charge in [0, 0.05) is 0 Å². The highest BCUT2D eigenvalue weighted by atomic mass is 16.7. The summed E-state index contributed by atoms with van der Waals surface area (Å²) in [5, 5.41) is 9.35. The third kappa shape index (κ3) is 3.35. The number of ether oxygens (including phenoxy) is 2. The van der Waals surface area contributed by atoms with E-state index in [2.05, 4.69) is 26.0 Å². The maximum absolute atomic E-state index is 9.35. The van der Waals surface area contributed by atoms with Crippen LogP contribution in [0.2, 0.25) is 0 Å². The van der Waals surface area contributed by atoms with Crippen molar-refractivity contribution >= 4 is 0 Å². The molecule has 0 saturated carbocycles. The first-order chi connectivity index (χ1) is 10.6. The van der Waals surface area contributed by atoms with Crippen LogP contribution < -0.4 is 9.47 Å². The highest BCUT2D eigenvalue weighted by molar-refractivity contribution is 5.44. The average Bonchev–Trinajstić information content (AvgIpc) is 2.97. The van der Waals surface area contributed by atoms with Crippen LogP contribution in [0.3, 0.4) is 0 Å². The zero-order valence-electron chi connectivity index (χ0n) is 13.1. The second kappa shape index (κ2) is 6.30. The number of fused-ring (bicyclic) bond motifs is 1. The van der Waals surface area contributed by atoms with Crippen molar-refractivity contribution in [2.75, 3.05) is 6.79 Å². The molecule has 1 aliphatic heterocycles. The lowest BCUT2D eigenvalue weighted by Crippen LogP contribution is -2.13. The zero-order valence-corrected chi connectivity index (χ0v) is 13.1. The molecule has 2 unspecified atom stereocenters. The molecule has 3 nitrogen and oxygen atoms in total. The van der Waals surface area contributed by atoms with Gasteiger partial charge in [0.05, 0.1) is 0 Å². The number of benzene rings is 2. The van der Waals surface area contributed by atoms with E-state index in [4.69, 9.17) is 9.47 Å². The molecule has 1 N–H and O–H groups in total. The molecular weight excluding hydrogens is 276 g/mol. The van der Waals surface area contributed by atoms with Crippen molar-refractivity contribution in [1.82, 2.24) is 0 Å². The van der Waals surface area contributed by atoms with E-state index >= 15 is 0 Å². The number of rotatable bonds is 5. The second-order valence-electron chi connectivity index (χ2n) is 6.22. The van der Waals surface area contributed by atoms with E-state index in [1.165, 1.54) is 11.1 Å². The number of phenolic OH excluding ortho intramolecular Hbond substituents is 1. The smallest absolute Gasteiger partial charge is 0.231 e. The van der Waals surface area contributed by atoms with Gasteiger partial charge in [-0.15, -0.1) is 0 Å². The van der Waals surface area contributed by atoms with Gasteiger partial charge < -0.3 is 14.6 Å². The topological polar surface area (TPSA) is 38.7 Å². The van der Waals surface area contributed by atoms with Crippen LogP contribution in [0.5, 0.6) is 17.2 Å². The summed E-state index contributed by atoms with van der Waals surface area (Å²) in [6, 6.07) is 13.7. The molecule has 0 spiro atoms. The highest BCUT2D eigenvalue weighted by Crippen LogP contribution is 2.33. The van der Waals surface area contributed by atoms with Gasteiger partial charge in [0.15, 0.2) is 11.5 Å². The van der Waals surface area contributed by atoms with Gasteiger partial charge >= 0.3 is 0 Å². The first kappa shape index (κ1) is 14.8. The van der Waals surface area contributed by atoms with Crippen LogP contribution in [0, 0.1) is 11.8 Å². The Kier molecular flexibility index (Phi) is 4.23. The Bertz CT molecular complexity index is 634. The normalized spacial score (nSPS) is 15.5. The third-order valence-corrected chi connectivity index (χ3v) is 4.46. The zero-order chi connectivity index (χ0) is 15.5. The summed E-state index contributed by atoms with van der Waals surface area (Å²) in [4.78, 5) is 0. The van der Waals surface area contributed by atoms with Crippen molar-refractivity contribution in [2.24, 2.45) is 11.8 Å². The first-order valence-electron chi connectivity index (χ1n) is 7.78. The molecule has 0 aliphatic carbocycles. The van der Waals surface area contributed by atoms with Crippen molar-refractivity contribution in [2.45, 2.75) is 26.7 Å². The molecule has 0 amide bonds. The standard InChI is InChI=1S/C19H22O3/c1-13(9-15-3-6-17(20)7-4-15)14(2)10-16-5-8-18-19(11-16)22-12-21-18/h3-8,11,13-14,20H,9-10,12H2,1-2H3. The van der Waals surface area contributed by atoms with E-state index in [1.54, 1.807) is 12.1 Å².